The zero-order chi connectivity index (χ0) is 11.3. The maximum Gasteiger partial charge on any atom is 0.336 e. The van der Waals surface area contributed by atoms with E-state index in [1.807, 2.05) is 0 Å². The fourth-order valence-corrected chi connectivity index (χ4v) is 1.67. The second kappa shape index (κ2) is 5.44. The van der Waals surface area contributed by atoms with Crippen LogP contribution in [0.15, 0.2) is 0 Å². The molecule has 1 heterocycles. The molecule has 0 aliphatic carbocycles. The van der Waals surface area contributed by atoms with Crippen molar-refractivity contribution in [3.05, 3.63) is 0 Å². The highest BCUT2D eigenvalue weighted by atomic mass is 16.5. The summed E-state index contributed by atoms with van der Waals surface area (Å²) >= 11 is 0. The molecule has 88 valence electrons. The minimum atomic E-state index is -1.19. The van der Waals surface area contributed by atoms with Crippen molar-refractivity contribution in [3.63, 3.8) is 0 Å². The largest absolute Gasteiger partial charge is 0.479 e. The number of ether oxygens (including phenoxy) is 2. The smallest absolute Gasteiger partial charge is 0.336 e. The zero-order valence-electron chi connectivity index (χ0n) is 8.94. The van der Waals surface area contributed by atoms with Gasteiger partial charge in [-0.1, -0.05) is 0 Å². The third-order valence-corrected chi connectivity index (χ3v) is 2.84. The first kappa shape index (κ1) is 12.4. The summed E-state index contributed by atoms with van der Waals surface area (Å²) in [5.41, 5.74) is -1.19. The van der Waals surface area contributed by atoms with Gasteiger partial charge in [-0.2, -0.15) is 0 Å². The summed E-state index contributed by atoms with van der Waals surface area (Å²) in [6, 6.07) is 0. The van der Waals surface area contributed by atoms with Crippen molar-refractivity contribution in [1.29, 1.82) is 0 Å². The SMILES string of the molecule is CC(OCCCO)(C(=O)O)C1CCOC1. The standard InChI is InChI=1S/C10H18O5/c1-10(9(12)13,15-5-2-4-11)8-3-6-14-7-8/h8,11H,2-7H2,1H3,(H,12,13). The lowest BCUT2D eigenvalue weighted by Crippen LogP contribution is -2.46. The summed E-state index contributed by atoms with van der Waals surface area (Å²) in [6.45, 7) is 2.87. The maximum atomic E-state index is 11.2. The number of aliphatic hydroxyl groups excluding tert-OH is 1. The monoisotopic (exact) mass is 218 g/mol. The molecule has 1 saturated heterocycles. The number of carboxylic acid groups (broad SMARTS) is 1. The number of aliphatic hydroxyl groups is 1. The Hall–Kier alpha value is -0.650. The van der Waals surface area contributed by atoms with Crippen molar-refractivity contribution in [2.24, 2.45) is 5.92 Å². The van der Waals surface area contributed by atoms with Gasteiger partial charge < -0.3 is 19.7 Å². The maximum absolute atomic E-state index is 11.2. The first-order chi connectivity index (χ1) is 7.11. The molecule has 2 atom stereocenters. The highest BCUT2D eigenvalue weighted by molar-refractivity contribution is 5.77. The lowest BCUT2D eigenvalue weighted by atomic mass is 9.88. The van der Waals surface area contributed by atoms with Gasteiger partial charge in [0.25, 0.3) is 0 Å². The fourth-order valence-electron chi connectivity index (χ4n) is 1.67. The molecule has 0 saturated carbocycles. The number of rotatable bonds is 6. The van der Waals surface area contributed by atoms with Crippen LogP contribution in [0.2, 0.25) is 0 Å². The van der Waals surface area contributed by atoms with E-state index in [0.29, 0.717) is 26.1 Å². The Balaban J connectivity index is 2.56. The van der Waals surface area contributed by atoms with Gasteiger partial charge in [-0.05, 0) is 19.8 Å². The Bertz CT molecular complexity index is 212. The number of carbonyl (C=O) groups is 1. The molecule has 0 spiro atoms. The van der Waals surface area contributed by atoms with E-state index in [1.54, 1.807) is 6.92 Å². The number of hydrogen-bond donors (Lipinski definition) is 2. The fraction of sp³-hybridized carbons (Fsp3) is 0.900. The van der Waals surface area contributed by atoms with Crippen LogP contribution in [-0.4, -0.2) is 48.2 Å². The van der Waals surface area contributed by atoms with E-state index in [0.717, 1.165) is 0 Å². The predicted molar refractivity (Wildman–Crippen MR) is 52.6 cm³/mol. The predicted octanol–water partition coefficient (Wildman–Crippen LogP) is 0.265. The van der Waals surface area contributed by atoms with Crippen molar-refractivity contribution in [3.8, 4) is 0 Å². The Labute approximate surface area is 89.0 Å². The van der Waals surface area contributed by atoms with Crippen LogP contribution in [-0.2, 0) is 14.3 Å². The first-order valence-corrected chi connectivity index (χ1v) is 5.17. The van der Waals surface area contributed by atoms with Crippen molar-refractivity contribution in [2.75, 3.05) is 26.4 Å². The third kappa shape index (κ3) is 2.90. The van der Waals surface area contributed by atoms with Crippen molar-refractivity contribution < 1.29 is 24.5 Å². The van der Waals surface area contributed by atoms with Gasteiger partial charge in [0.05, 0.1) is 13.2 Å². The van der Waals surface area contributed by atoms with Gasteiger partial charge in [-0.15, -0.1) is 0 Å². The molecule has 0 aromatic heterocycles. The molecule has 5 nitrogen and oxygen atoms in total. The van der Waals surface area contributed by atoms with E-state index in [1.165, 1.54) is 0 Å². The van der Waals surface area contributed by atoms with Gasteiger partial charge >= 0.3 is 5.97 Å². The van der Waals surface area contributed by atoms with Crippen LogP contribution in [0.5, 0.6) is 0 Å². The van der Waals surface area contributed by atoms with Gasteiger partial charge in [-0.25, -0.2) is 4.79 Å². The average molecular weight is 218 g/mol. The van der Waals surface area contributed by atoms with Crippen LogP contribution < -0.4 is 0 Å². The molecule has 0 aromatic rings. The highest BCUT2D eigenvalue weighted by Gasteiger charge is 2.44. The summed E-state index contributed by atoms with van der Waals surface area (Å²) in [4.78, 5) is 11.2. The van der Waals surface area contributed by atoms with E-state index >= 15 is 0 Å². The summed E-state index contributed by atoms with van der Waals surface area (Å²) in [6.07, 6.45) is 1.17. The average Bonchev–Trinajstić information content (AvgIpc) is 2.70. The van der Waals surface area contributed by atoms with Gasteiger partial charge in [0, 0.05) is 19.1 Å². The van der Waals surface area contributed by atoms with Gasteiger partial charge in [0.2, 0.25) is 0 Å². The van der Waals surface area contributed by atoms with E-state index in [2.05, 4.69) is 0 Å². The zero-order valence-corrected chi connectivity index (χ0v) is 8.94. The van der Waals surface area contributed by atoms with E-state index in [9.17, 15) is 4.79 Å². The molecule has 2 N–H and O–H groups in total. The van der Waals surface area contributed by atoms with Crippen LogP contribution in [0.3, 0.4) is 0 Å². The molecule has 0 amide bonds. The van der Waals surface area contributed by atoms with Gasteiger partial charge in [-0.3, -0.25) is 0 Å². The Kier molecular flexibility index (Phi) is 4.50. The molecule has 1 aliphatic rings. The van der Waals surface area contributed by atoms with Crippen molar-refractivity contribution in [2.45, 2.75) is 25.4 Å². The van der Waals surface area contributed by atoms with Gasteiger partial charge in [0.1, 0.15) is 0 Å². The molecular formula is C10H18O5. The summed E-state index contributed by atoms with van der Waals surface area (Å²) in [5.74, 6) is -1.07. The third-order valence-electron chi connectivity index (χ3n) is 2.84. The Morgan fingerprint density at radius 1 is 1.67 bits per heavy atom. The minimum absolute atomic E-state index is 0.0108. The van der Waals surface area contributed by atoms with Crippen LogP contribution in [0.4, 0.5) is 0 Å². The lowest BCUT2D eigenvalue weighted by molar-refractivity contribution is -0.172. The second-order valence-electron chi connectivity index (χ2n) is 3.90. The van der Waals surface area contributed by atoms with Crippen molar-refractivity contribution >= 4 is 5.97 Å². The summed E-state index contributed by atoms with van der Waals surface area (Å²) in [5, 5.41) is 17.8. The normalized spacial score (nSPS) is 25.1. The molecule has 1 fully saturated rings. The van der Waals surface area contributed by atoms with Crippen LogP contribution in [0.25, 0.3) is 0 Å². The number of carboxylic acids is 1. The summed E-state index contributed by atoms with van der Waals surface area (Å²) in [7, 11) is 0. The topological polar surface area (TPSA) is 76.0 Å². The number of aliphatic carboxylic acids is 1. The minimum Gasteiger partial charge on any atom is -0.479 e. The molecule has 0 aromatic carbocycles. The van der Waals surface area contributed by atoms with Crippen LogP contribution in [0, 0.1) is 5.92 Å². The molecule has 0 bridgehead atoms. The Morgan fingerprint density at radius 2 is 2.40 bits per heavy atom. The quantitative estimate of drug-likeness (QED) is 0.626. The van der Waals surface area contributed by atoms with E-state index in [-0.39, 0.29) is 19.1 Å². The second-order valence-corrected chi connectivity index (χ2v) is 3.90. The van der Waals surface area contributed by atoms with Crippen molar-refractivity contribution in [1.82, 2.24) is 0 Å². The van der Waals surface area contributed by atoms with E-state index < -0.39 is 11.6 Å². The Morgan fingerprint density at radius 3 is 2.87 bits per heavy atom. The number of hydrogen-bond acceptors (Lipinski definition) is 4. The molecule has 15 heavy (non-hydrogen) atoms. The molecule has 1 rings (SSSR count). The molecule has 0 radical (unpaired) electrons. The molecule has 5 heteroatoms. The van der Waals surface area contributed by atoms with Crippen LogP contribution >= 0.6 is 0 Å². The van der Waals surface area contributed by atoms with Crippen LogP contribution in [0.1, 0.15) is 19.8 Å². The molecular weight excluding hydrogens is 200 g/mol. The highest BCUT2D eigenvalue weighted by Crippen LogP contribution is 2.29. The lowest BCUT2D eigenvalue weighted by Gasteiger charge is -2.30. The van der Waals surface area contributed by atoms with Gasteiger partial charge in [0.15, 0.2) is 5.60 Å². The molecule has 1 aliphatic heterocycles. The van der Waals surface area contributed by atoms with E-state index in [4.69, 9.17) is 19.7 Å². The summed E-state index contributed by atoms with van der Waals surface area (Å²) < 4.78 is 10.5. The molecule has 2 unspecified atom stereocenters. The first-order valence-electron chi connectivity index (χ1n) is 5.17.